The van der Waals surface area contributed by atoms with E-state index < -0.39 is 53.2 Å². The van der Waals surface area contributed by atoms with Gasteiger partial charge in [0.1, 0.15) is 29.6 Å². The van der Waals surface area contributed by atoms with E-state index in [1.807, 2.05) is 0 Å². The largest absolute Gasteiger partial charge is 0.457 e. The molecule has 5 amide bonds. The lowest BCUT2D eigenvalue weighted by Crippen LogP contribution is -2.56. The second-order valence-electron chi connectivity index (χ2n) is 21.8. The monoisotopic (exact) mass is 1400 g/mol. The number of amides is 5. The molecule has 4 aromatic rings. The number of halogens is 2. The molecule has 0 aliphatic carbocycles. The molecule has 6 N–H and O–H groups in total. The molecule has 2 fully saturated rings. The number of nitrogens with one attached hydrogen (secondary N) is 4. The van der Waals surface area contributed by atoms with Crippen LogP contribution < -0.4 is 31.1 Å². The van der Waals surface area contributed by atoms with Gasteiger partial charge in [-0.05, 0) is 136 Å². The molecule has 2 aliphatic rings. The Morgan fingerprint density at radius 2 is 0.872 bits per heavy atom. The average molecular weight is 1400 g/mol. The Morgan fingerprint density at radius 3 is 1.27 bits per heavy atom. The van der Waals surface area contributed by atoms with Crippen LogP contribution >= 0.6 is 23.2 Å². The van der Waals surface area contributed by atoms with E-state index >= 15 is 0 Å². The number of sulfone groups is 2. The molecular formula is C63H85Cl2N5O22S2. The van der Waals surface area contributed by atoms with E-state index in [9.17, 15) is 51.2 Å². The van der Waals surface area contributed by atoms with Crippen LogP contribution in [0.1, 0.15) is 64.2 Å². The zero-order valence-corrected chi connectivity index (χ0v) is 55.6. The molecule has 4 unspecified atom stereocenters. The SMILES string of the molecule is COCC(=O)N(CCOCCOCCOCCCCNC(=O)CCC1CC(C(=O)NO)(S(=O)(=O)c2ccc(Oc3ccc(Cl)cc3)cc2)CCO1)CCOCCOCCOCCNC(=O)CCC1CC(C(=O)NO)(S(=O)(=O)c2ccc(Oc3ccc(Cl)cc3)cc2)CCO1. The summed E-state index contributed by atoms with van der Waals surface area (Å²) in [5, 5.41) is 25.9. The van der Waals surface area contributed by atoms with Crippen LogP contribution in [0, 0.1) is 0 Å². The molecule has 2 saturated heterocycles. The summed E-state index contributed by atoms with van der Waals surface area (Å²) in [6.45, 7) is 4.50. The molecule has 4 atom stereocenters. The van der Waals surface area contributed by atoms with Gasteiger partial charge in [-0.3, -0.25) is 34.4 Å². The molecule has 31 heteroatoms. The lowest BCUT2D eigenvalue weighted by Gasteiger charge is -2.38. The number of benzene rings is 4. The third-order valence-corrected chi connectivity index (χ3v) is 20.8. The van der Waals surface area contributed by atoms with E-state index in [1.54, 1.807) is 58.9 Å². The van der Waals surface area contributed by atoms with Crippen LogP contribution in [0.15, 0.2) is 107 Å². The van der Waals surface area contributed by atoms with E-state index in [2.05, 4.69) is 10.6 Å². The smallest absolute Gasteiger partial charge is 0.265 e. The van der Waals surface area contributed by atoms with Crippen LogP contribution in [0.2, 0.25) is 10.0 Å². The van der Waals surface area contributed by atoms with E-state index in [1.165, 1.54) is 61.1 Å². The highest BCUT2D eigenvalue weighted by atomic mass is 35.5. The maximum atomic E-state index is 14.0. The summed E-state index contributed by atoms with van der Waals surface area (Å²) in [4.78, 5) is 65.6. The van der Waals surface area contributed by atoms with Crippen molar-refractivity contribution in [2.24, 2.45) is 0 Å². The van der Waals surface area contributed by atoms with Gasteiger partial charge in [0.2, 0.25) is 17.7 Å². The van der Waals surface area contributed by atoms with Gasteiger partial charge in [-0.15, -0.1) is 0 Å². The summed E-state index contributed by atoms with van der Waals surface area (Å²) in [7, 11) is -7.29. The van der Waals surface area contributed by atoms with E-state index in [0.717, 1.165) is 0 Å². The predicted octanol–water partition coefficient (Wildman–Crippen LogP) is 5.82. The lowest BCUT2D eigenvalue weighted by atomic mass is 9.91. The molecule has 2 aliphatic heterocycles. The molecule has 520 valence electrons. The zero-order valence-electron chi connectivity index (χ0n) is 52.5. The van der Waals surface area contributed by atoms with Crippen LogP contribution in [0.3, 0.4) is 0 Å². The molecule has 94 heavy (non-hydrogen) atoms. The number of methoxy groups -OCH3 is 1. The third kappa shape index (κ3) is 23.9. The normalized spacial score (nSPS) is 18.2. The molecule has 0 saturated carbocycles. The number of carbonyl (C=O) groups is 5. The number of hydroxylamine groups is 2. The van der Waals surface area contributed by atoms with Crippen molar-refractivity contribution in [2.75, 3.05) is 132 Å². The molecule has 4 aromatic carbocycles. The van der Waals surface area contributed by atoms with Gasteiger partial charge in [0.25, 0.3) is 11.8 Å². The van der Waals surface area contributed by atoms with Crippen LogP contribution in [0.4, 0.5) is 0 Å². The number of unbranched alkanes of at least 4 members (excludes halogenated alkanes) is 1. The van der Waals surface area contributed by atoms with Crippen molar-refractivity contribution < 1.29 is 103 Å². The highest BCUT2D eigenvalue weighted by Gasteiger charge is 2.56. The maximum Gasteiger partial charge on any atom is 0.265 e. The van der Waals surface area contributed by atoms with Gasteiger partial charge in [-0.2, -0.15) is 0 Å². The Kier molecular flexibility index (Phi) is 33.1. The summed E-state index contributed by atoms with van der Waals surface area (Å²) in [6, 6.07) is 24.4. The summed E-state index contributed by atoms with van der Waals surface area (Å²) >= 11 is 11.9. The van der Waals surface area contributed by atoms with Gasteiger partial charge in [-0.25, -0.2) is 27.8 Å². The summed E-state index contributed by atoms with van der Waals surface area (Å²) in [5.41, 5.74) is 3.07. The number of hydrogen-bond donors (Lipinski definition) is 6. The quantitative estimate of drug-likeness (QED) is 0.0173. The highest BCUT2D eigenvalue weighted by molar-refractivity contribution is 7.94. The molecule has 6 rings (SSSR count). The number of hydrogen-bond acceptors (Lipinski definition) is 22. The van der Waals surface area contributed by atoms with Crippen LogP contribution in [-0.4, -0.2) is 216 Å². The molecule has 2 heterocycles. The second-order valence-corrected chi connectivity index (χ2v) is 27.2. The predicted molar refractivity (Wildman–Crippen MR) is 341 cm³/mol. The molecule has 27 nitrogen and oxygen atoms in total. The van der Waals surface area contributed by atoms with Crippen molar-refractivity contribution >= 4 is 72.4 Å². The minimum Gasteiger partial charge on any atom is -0.457 e. The van der Waals surface area contributed by atoms with Crippen LogP contribution in [-0.2, 0) is 86.3 Å². The first-order valence-corrected chi connectivity index (χ1v) is 34.5. The second kappa shape index (κ2) is 40.4. The fourth-order valence-electron chi connectivity index (χ4n) is 10.2. The Bertz CT molecular complexity index is 3200. The van der Waals surface area contributed by atoms with Gasteiger partial charge in [0, 0.05) is 88.8 Å². The summed E-state index contributed by atoms with van der Waals surface area (Å²) in [6.07, 6.45) is -0.890. The Balaban J connectivity index is 0.729. The molecule has 0 aromatic heterocycles. The number of carbonyl (C=O) groups excluding carboxylic acids is 5. The first-order chi connectivity index (χ1) is 45.4. The fourth-order valence-corrected chi connectivity index (χ4v) is 14.5. The van der Waals surface area contributed by atoms with Crippen molar-refractivity contribution in [1.29, 1.82) is 0 Å². The number of nitrogens with zero attached hydrogens (tertiary/aromatic N) is 1. The average Bonchev–Trinajstić information content (AvgIpc) is 0.752. The molecule has 0 spiro atoms. The molecule has 0 bridgehead atoms. The lowest BCUT2D eigenvalue weighted by molar-refractivity contribution is -0.137. The minimum atomic E-state index is -4.37. The minimum absolute atomic E-state index is 0.0160. The van der Waals surface area contributed by atoms with E-state index in [0.29, 0.717) is 98.6 Å². The van der Waals surface area contributed by atoms with Gasteiger partial charge in [0.15, 0.2) is 29.2 Å². The third-order valence-electron chi connectivity index (χ3n) is 15.4. The summed E-state index contributed by atoms with van der Waals surface area (Å²) in [5.74, 6) is -1.29. The van der Waals surface area contributed by atoms with Crippen LogP contribution in [0.5, 0.6) is 23.0 Å². The number of ether oxygens (including phenoxy) is 11. The van der Waals surface area contributed by atoms with Gasteiger partial charge < -0.3 is 67.6 Å². The maximum absolute atomic E-state index is 14.0. The van der Waals surface area contributed by atoms with Gasteiger partial charge >= 0.3 is 0 Å². The van der Waals surface area contributed by atoms with Crippen molar-refractivity contribution in [2.45, 2.75) is 95.7 Å². The first kappa shape index (κ1) is 76.9. The topological polar surface area (TPSA) is 347 Å². The zero-order chi connectivity index (χ0) is 67.7. The number of rotatable bonds is 44. The Morgan fingerprint density at radius 1 is 0.511 bits per heavy atom. The Labute approximate surface area is 557 Å². The highest BCUT2D eigenvalue weighted by Crippen LogP contribution is 2.41. The van der Waals surface area contributed by atoms with Gasteiger partial charge in [0.05, 0.1) is 94.7 Å². The molecule has 0 radical (unpaired) electrons. The van der Waals surface area contributed by atoms with Crippen molar-refractivity contribution in [3.05, 3.63) is 107 Å². The van der Waals surface area contributed by atoms with E-state index in [4.69, 9.17) is 75.3 Å². The Hall–Kier alpha value is -6.13. The molecular weight excluding hydrogens is 1310 g/mol. The summed E-state index contributed by atoms with van der Waals surface area (Å²) < 4.78 is 114. The first-order valence-electron chi connectivity index (χ1n) is 30.8. The van der Waals surface area contributed by atoms with Crippen molar-refractivity contribution in [1.82, 2.24) is 26.5 Å². The fraction of sp³-hybridized carbons (Fsp3) is 0.540. The van der Waals surface area contributed by atoms with Gasteiger partial charge in [-0.1, -0.05) is 23.2 Å². The standard InChI is InChI=1S/C63H85Cl2N5O22S2/c1-82-46-59(73)70(29-35-86-39-43-88-41-37-84-33-27-67-58(72)23-17-54-45-63(25-32-90-54,61(75)69-77)94(80,81)56-20-14-52(15-21-56)92-50-10-6-48(65)7-11-50)28-34-85-38-42-87-40-36-83-30-3-2-26-66-57(71)22-16-53-44-62(24-31-89-53,60(74)68-76)93(78,79)55-18-12-51(13-19-55)91-49-8-4-47(64)5-9-49/h4-15,18-21,53-54,76-77H,2-3,16-17,22-46H2,1H3,(H,66,71)(H,67,72)(H,68,74)(H,69,75). The van der Waals surface area contributed by atoms with E-state index in [-0.39, 0.29) is 151 Å². The van der Waals surface area contributed by atoms with Crippen molar-refractivity contribution in [3.8, 4) is 23.0 Å². The van der Waals surface area contributed by atoms with Crippen LogP contribution in [0.25, 0.3) is 0 Å². The van der Waals surface area contributed by atoms with Crippen molar-refractivity contribution in [3.63, 3.8) is 0 Å².